The van der Waals surface area contributed by atoms with Gasteiger partial charge in [-0.25, -0.2) is 4.98 Å². The lowest BCUT2D eigenvalue weighted by Crippen LogP contribution is -2.41. The largest absolute Gasteiger partial charge is 0.373 e. The molecule has 0 spiro atoms. The summed E-state index contributed by atoms with van der Waals surface area (Å²) in [6, 6.07) is 9.67. The lowest BCUT2D eigenvalue weighted by Gasteiger charge is -2.32. The zero-order valence-corrected chi connectivity index (χ0v) is 14.3. The van der Waals surface area contributed by atoms with Crippen molar-refractivity contribution in [3.8, 4) is 0 Å². The zero-order chi connectivity index (χ0) is 16.6. The van der Waals surface area contributed by atoms with Gasteiger partial charge in [0, 0.05) is 31.7 Å². The number of ether oxygens (including phenoxy) is 1. The first kappa shape index (κ1) is 16.9. The third-order valence-corrected chi connectivity index (χ3v) is 4.91. The van der Waals surface area contributed by atoms with Gasteiger partial charge in [-0.05, 0) is 36.6 Å². The maximum Gasteiger partial charge on any atom is 0.232 e. The van der Waals surface area contributed by atoms with Gasteiger partial charge in [-0.1, -0.05) is 23.9 Å². The number of piperidine rings is 1. The van der Waals surface area contributed by atoms with Gasteiger partial charge in [0.05, 0.1) is 23.5 Å². The van der Waals surface area contributed by atoms with Crippen LogP contribution in [0.3, 0.4) is 0 Å². The number of nitrogens with zero attached hydrogens (tertiary/aromatic N) is 3. The Morgan fingerprint density at radius 2 is 2.08 bits per heavy atom. The number of aromatic nitrogens is 2. The van der Waals surface area contributed by atoms with Crippen LogP contribution < -0.4 is 0 Å². The van der Waals surface area contributed by atoms with Crippen LogP contribution in [0.15, 0.2) is 53.9 Å². The van der Waals surface area contributed by atoms with Crippen molar-refractivity contribution >= 4 is 17.7 Å². The average molecular weight is 343 g/mol. The first-order valence-corrected chi connectivity index (χ1v) is 9.12. The summed E-state index contributed by atoms with van der Waals surface area (Å²) in [5.74, 6) is 0.620. The van der Waals surface area contributed by atoms with Gasteiger partial charge in [0.2, 0.25) is 5.91 Å². The summed E-state index contributed by atoms with van der Waals surface area (Å²) in [6.45, 7) is 2.11. The number of pyridine rings is 2. The highest BCUT2D eigenvalue weighted by Gasteiger charge is 2.23. The molecule has 6 heteroatoms. The van der Waals surface area contributed by atoms with Gasteiger partial charge >= 0.3 is 0 Å². The molecule has 0 aliphatic carbocycles. The van der Waals surface area contributed by atoms with Gasteiger partial charge < -0.3 is 9.64 Å². The molecule has 0 saturated carbocycles. The smallest absolute Gasteiger partial charge is 0.232 e. The van der Waals surface area contributed by atoms with E-state index in [9.17, 15) is 4.79 Å². The molecule has 0 atom stereocenters. The Hall–Kier alpha value is -1.92. The molecule has 0 N–H and O–H groups in total. The molecule has 1 fully saturated rings. The molecule has 2 aromatic rings. The van der Waals surface area contributed by atoms with Gasteiger partial charge in [-0.3, -0.25) is 9.78 Å². The van der Waals surface area contributed by atoms with Crippen LogP contribution in [0.4, 0.5) is 0 Å². The standard InChI is InChI=1S/C18H21N3O2S/c22-18(14-24-17-5-1-2-9-20-17)21-10-6-16(7-11-21)23-13-15-4-3-8-19-12-15/h1-5,8-9,12,16H,6-7,10-11,13-14H2. The number of likely N-dealkylation sites (tertiary alicyclic amines) is 1. The summed E-state index contributed by atoms with van der Waals surface area (Å²) in [7, 11) is 0. The third kappa shape index (κ3) is 5.04. The fourth-order valence-corrected chi connectivity index (χ4v) is 3.39. The van der Waals surface area contributed by atoms with E-state index in [2.05, 4.69) is 9.97 Å². The maximum absolute atomic E-state index is 12.3. The lowest BCUT2D eigenvalue weighted by atomic mass is 10.1. The molecular weight excluding hydrogens is 322 g/mol. The summed E-state index contributed by atoms with van der Waals surface area (Å²) < 4.78 is 5.93. The number of rotatable bonds is 6. The van der Waals surface area contributed by atoms with Crippen molar-refractivity contribution < 1.29 is 9.53 Å². The molecular formula is C18H21N3O2S. The van der Waals surface area contributed by atoms with Crippen LogP contribution in [0.2, 0.25) is 0 Å². The molecule has 3 heterocycles. The molecule has 5 nitrogen and oxygen atoms in total. The Kier molecular flexibility index (Phi) is 6.20. The van der Waals surface area contributed by atoms with Gasteiger partial charge in [0.15, 0.2) is 0 Å². The monoisotopic (exact) mass is 343 g/mol. The second-order valence-electron chi connectivity index (χ2n) is 5.71. The molecule has 126 valence electrons. The van der Waals surface area contributed by atoms with Gasteiger partial charge in [-0.15, -0.1) is 0 Å². The molecule has 0 aromatic carbocycles. The highest BCUT2D eigenvalue weighted by atomic mass is 32.2. The Morgan fingerprint density at radius 3 is 2.79 bits per heavy atom. The van der Waals surface area contributed by atoms with Crippen LogP contribution in [0.25, 0.3) is 0 Å². The van der Waals surface area contributed by atoms with Crippen LogP contribution in [0.5, 0.6) is 0 Å². The first-order chi connectivity index (χ1) is 11.8. The van der Waals surface area contributed by atoms with Crippen molar-refractivity contribution in [2.45, 2.75) is 30.6 Å². The molecule has 1 saturated heterocycles. The van der Waals surface area contributed by atoms with Crippen molar-refractivity contribution in [3.05, 3.63) is 54.5 Å². The van der Waals surface area contributed by atoms with E-state index in [0.29, 0.717) is 12.4 Å². The van der Waals surface area contributed by atoms with E-state index >= 15 is 0 Å². The molecule has 1 amide bonds. The number of thioether (sulfide) groups is 1. The molecule has 0 unspecified atom stereocenters. The van der Waals surface area contributed by atoms with E-state index in [1.807, 2.05) is 41.4 Å². The fourth-order valence-electron chi connectivity index (χ4n) is 2.63. The van der Waals surface area contributed by atoms with E-state index in [1.54, 1.807) is 12.4 Å². The molecule has 2 aromatic heterocycles. The first-order valence-electron chi connectivity index (χ1n) is 8.13. The van der Waals surface area contributed by atoms with Crippen molar-refractivity contribution in [2.24, 2.45) is 0 Å². The minimum absolute atomic E-state index is 0.177. The molecule has 0 bridgehead atoms. The molecule has 0 radical (unpaired) electrons. The van der Waals surface area contributed by atoms with Crippen LogP contribution >= 0.6 is 11.8 Å². The highest BCUT2D eigenvalue weighted by Crippen LogP contribution is 2.19. The minimum atomic E-state index is 0.177. The lowest BCUT2D eigenvalue weighted by molar-refractivity contribution is -0.131. The Balaban J connectivity index is 1.37. The molecule has 3 rings (SSSR count). The van der Waals surface area contributed by atoms with Crippen LogP contribution in [-0.4, -0.2) is 45.7 Å². The minimum Gasteiger partial charge on any atom is -0.373 e. The summed E-state index contributed by atoms with van der Waals surface area (Å²) in [5, 5.41) is 0.889. The quantitative estimate of drug-likeness (QED) is 0.755. The zero-order valence-electron chi connectivity index (χ0n) is 13.5. The Labute approximate surface area is 146 Å². The van der Waals surface area contributed by atoms with Gasteiger partial charge in [-0.2, -0.15) is 0 Å². The predicted molar refractivity (Wildman–Crippen MR) is 93.6 cm³/mol. The van der Waals surface area contributed by atoms with Crippen LogP contribution in [0, 0.1) is 0 Å². The maximum atomic E-state index is 12.3. The Morgan fingerprint density at radius 1 is 1.21 bits per heavy atom. The number of hydrogen-bond donors (Lipinski definition) is 0. The van der Waals surface area contributed by atoms with E-state index in [4.69, 9.17) is 4.74 Å². The van der Waals surface area contributed by atoms with Crippen LogP contribution in [-0.2, 0) is 16.1 Å². The third-order valence-electron chi connectivity index (χ3n) is 3.98. The fraction of sp³-hybridized carbons (Fsp3) is 0.389. The SMILES string of the molecule is O=C(CSc1ccccn1)N1CCC(OCc2cccnc2)CC1. The van der Waals surface area contributed by atoms with E-state index in [-0.39, 0.29) is 12.0 Å². The normalized spacial score (nSPS) is 15.4. The number of hydrogen-bond acceptors (Lipinski definition) is 5. The Bertz CT molecular complexity index is 631. The summed E-state index contributed by atoms with van der Waals surface area (Å²) in [4.78, 5) is 22.5. The predicted octanol–water partition coefficient (Wildman–Crippen LogP) is 2.78. The second kappa shape index (κ2) is 8.80. The second-order valence-corrected chi connectivity index (χ2v) is 6.70. The van der Waals surface area contributed by atoms with Crippen molar-refractivity contribution in [1.82, 2.24) is 14.9 Å². The van der Waals surface area contributed by atoms with E-state index in [0.717, 1.165) is 36.5 Å². The molecule has 1 aliphatic rings. The van der Waals surface area contributed by atoms with Crippen LogP contribution in [0.1, 0.15) is 18.4 Å². The van der Waals surface area contributed by atoms with Gasteiger partial charge in [0.25, 0.3) is 0 Å². The molecule has 1 aliphatic heterocycles. The number of amides is 1. The van der Waals surface area contributed by atoms with E-state index < -0.39 is 0 Å². The average Bonchev–Trinajstić information content (AvgIpc) is 2.66. The van der Waals surface area contributed by atoms with Crippen molar-refractivity contribution in [2.75, 3.05) is 18.8 Å². The highest BCUT2D eigenvalue weighted by molar-refractivity contribution is 7.99. The van der Waals surface area contributed by atoms with Gasteiger partial charge in [0.1, 0.15) is 0 Å². The molecule has 24 heavy (non-hydrogen) atoms. The van der Waals surface area contributed by atoms with E-state index in [1.165, 1.54) is 11.8 Å². The topological polar surface area (TPSA) is 55.3 Å². The van der Waals surface area contributed by atoms with Crippen molar-refractivity contribution in [3.63, 3.8) is 0 Å². The number of carbonyl (C=O) groups is 1. The summed E-state index contributed by atoms with van der Waals surface area (Å²) >= 11 is 1.49. The summed E-state index contributed by atoms with van der Waals surface area (Å²) in [5.41, 5.74) is 1.09. The number of carbonyl (C=O) groups excluding carboxylic acids is 1. The summed E-state index contributed by atoms with van der Waals surface area (Å²) in [6.07, 6.45) is 7.33. The van der Waals surface area contributed by atoms with Crippen molar-refractivity contribution in [1.29, 1.82) is 0 Å².